The monoisotopic (exact) mass is 149 g/mol. The van der Waals surface area contributed by atoms with E-state index in [0.29, 0.717) is 11.7 Å². The third kappa shape index (κ3) is 0.946. The van der Waals surface area contributed by atoms with Crippen molar-refractivity contribution in [2.75, 3.05) is 11.9 Å². The summed E-state index contributed by atoms with van der Waals surface area (Å²) < 4.78 is 0. The fourth-order valence-electron chi connectivity index (χ4n) is 1.49. The standard InChI is InChI=1S/C9H11NO/c1-6-5-10-9-3-2-7(11)4-8(6)9/h2-4,6,10-11H,5H2,1H3/t6-/m0/s1. The van der Waals surface area contributed by atoms with Crippen LogP contribution in [0.1, 0.15) is 18.4 Å². The third-order valence-corrected chi connectivity index (χ3v) is 2.16. The van der Waals surface area contributed by atoms with Crippen molar-refractivity contribution in [3.05, 3.63) is 23.8 Å². The highest BCUT2D eigenvalue weighted by Gasteiger charge is 2.17. The number of benzene rings is 1. The van der Waals surface area contributed by atoms with Gasteiger partial charge in [-0.05, 0) is 23.8 Å². The van der Waals surface area contributed by atoms with Crippen LogP contribution in [0, 0.1) is 0 Å². The molecule has 58 valence electrons. The first-order valence-corrected chi connectivity index (χ1v) is 3.84. The molecular weight excluding hydrogens is 138 g/mol. The summed E-state index contributed by atoms with van der Waals surface area (Å²) in [7, 11) is 0. The lowest BCUT2D eigenvalue weighted by Gasteiger charge is -2.01. The Bertz CT molecular complexity index is 283. The van der Waals surface area contributed by atoms with Crippen LogP contribution < -0.4 is 5.32 Å². The van der Waals surface area contributed by atoms with Gasteiger partial charge in [-0.15, -0.1) is 0 Å². The molecule has 0 bridgehead atoms. The van der Waals surface area contributed by atoms with Gasteiger partial charge < -0.3 is 10.4 Å². The molecule has 0 amide bonds. The van der Waals surface area contributed by atoms with E-state index in [4.69, 9.17) is 0 Å². The number of nitrogens with one attached hydrogen (secondary N) is 1. The van der Waals surface area contributed by atoms with Crippen molar-refractivity contribution in [1.29, 1.82) is 0 Å². The summed E-state index contributed by atoms with van der Waals surface area (Å²) in [4.78, 5) is 0. The zero-order valence-corrected chi connectivity index (χ0v) is 6.46. The topological polar surface area (TPSA) is 32.3 Å². The first-order valence-electron chi connectivity index (χ1n) is 3.84. The van der Waals surface area contributed by atoms with Gasteiger partial charge in [-0.2, -0.15) is 0 Å². The summed E-state index contributed by atoms with van der Waals surface area (Å²) in [6.45, 7) is 3.14. The highest BCUT2D eigenvalue weighted by atomic mass is 16.3. The molecule has 11 heavy (non-hydrogen) atoms. The molecule has 2 N–H and O–H groups in total. The molecule has 1 atom stereocenters. The fraction of sp³-hybridized carbons (Fsp3) is 0.333. The maximum atomic E-state index is 9.19. The molecule has 1 aromatic carbocycles. The molecule has 1 aromatic rings. The summed E-state index contributed by atoms with van der Waals surface area (Å²) in [5.41, 5.74) is 2.39. The maximum Gasteiger partial charge on any atom is 0.116 e. The van der Waals surface area contributed by atoms with E-state index in [2.05, 4.69) is 12.2 Å². The Morgan fingerprint density at radius 1 is 1.55 bits per heavy atom. The molecule has 0 radical (unpaired) electrons. The SMILES string of the molecule is C[C@H]1CNc2ccc(O)cc21. The quantitative estimate of drug-likeness (QED) is 0.552. The maximum absolute atomic E-state index is 9.19. The van der Waals surface area contributed by atoms with Crippen LogP contribution in [0.2, 0.25) is 0 Å². The largest absolute Gasteiger partial charge is 0.508 e. The molecule has 2 heteroatoms. The highest BCUT2D eigenvalue weighted by Crippen LogP contribution is 2.33. The second-order valence-electron chi connectivity index (χ2n) is 3.05. The van der Waals surface area contributed by atoms with E-state index >= 15 is 0 Å². The van der Waals surface area contributed by atoms with E-state index in [0.717, 1.165) is 12.2 Å². The van der Waals surface area contributed by atoms with E-state index in [-0.39, 0.29) is 0 Å². The average Bonchev–Trinajstić information content (AvgIpc) is 2.33. The number of hydrogen-bond acceptors (Lipinski definition) is 2. The second kappa shape index (κ2) is 2.16. The van der Waals surface area contributed by atoms with Gasteiger partial charge in [0, 0.05) is 18.2 Å². The van der Waals surface area contributed by atoms with Gasteiger partial charge in [-0.25, -0.2) is 0 Å². The fourth-order valence-corrected chi connectivity index (χ4v) is 1.49. The van der Waals surface area contributed by atoms with Crippen LogP contribution in [-0.2, 0) is 0 Å². The summed E-state index contributed by atoms with van der Waals surface area (Å²) in [5.74, 6) is 0.886. The zero-order valence-electron chi connectivity index (χ0n) is 6.46. The van der Waals surface area contributed by atoms with E-state index in [1.54, 1.807) is 6.07 Å². The average molecular weight is 149 g/mol. The first kappa shape index (κ1) is 6.53. The second-order valence-corrected chi connectivity index (χ2v) is 3.05. The number of rotatable bonds is 0. The number of hydrogen-bond donors (Lipinski definition) is 2. The van der Waals surface area contributed by atoms with Crippen LogP contribution in [0.4, 0.5) is 5.69 Å². The van der Waals surface area contributed by atoms with Crippen LogP contribution in [0.15, 0.2) is 18.2 Å². The van der Waals surface area contributed by atoms with Gasteiger partial charge in [0.15, 0.2) is 0 Å². The van der Waals surface area contributed by atoms with Crippen molar-refractivity contribution in [2.24, 2.45) is 0 Å². The molecule has 0 fully saturated rings. The molecule has 0 spiro atoms. The summed E-state index contributed by atoms with van der Waals surface area (Å²) in [5, 5.41) is 12.5. The van der Waals surface area contributed by atoms with Gasteiger partial charge in [-0.1, -0.05) is 6.92 Å². The van der Waals surface area contributed by atoms with Crippen molar-refractivity contribution in [3.8, 4) is 5.75 Å². The molecule has 2 nitrogen and oxygen atoms in total. The van der Waals surface area contributed by atoms with Crippen LogP contribution in [0.5, 0.6) is 5.75 Å². The molecule has 0 saturated carbocycles. The van der Waals surface area contributed by atoms with Gasteiger partial charge in [0.05, 0.1) is 0 Å². The van der Waals surface area contributed by atoms with Crippen molar-refractivity contribution in [3.63, 3.8) is 0 Å². The number of anilines is 1. The van der Waals surface area contributed by atoms with Crippen molar-refractivity contribution >= 4 is 5.69 Å². The normalized spacial score (nSPS) is 21.0. The van der Waals surface area contributed by atoms with Crippen molar-refractivity contribution in [2.45, 2.75) is 12.8 Å². The minimum atomic E-state index is 0.360. The number of phenolic OH excluding ortho intramolecular Hbond substituents is 1. The minimum absolute atomic E-state index is 0.360. The van der Waals surface area contributed by atoms with Gasteiger partial charge in [0.1, 0.15) is 5.75 Å². The minimum Gasteiger partial charge on any atom is -0.508 e. The summed E-state index contributed by atoms with van der Waals surface area (Å²) >= 11 is 0. The Morgan fingerprint density at radius 3 is 3.18 bits per heavy atom. The Morgan fingerprint density at radius 2 is 2.36 bits per heavy atom. The molecule has 2 rings (SSSR count). The van der Waals surface area contributed by atoms with Gasteiger partial charge >= 0.3 is 0 Å². The smallest absolute Gasteiger partial charge is 0.116 e. The number of phenols is 1. The first-order chi connectivity index (χ1) is 5.27. The van der Waals surface area contributed by atoms with Gasteiger partial charge in [0.2, 0.25) is 0 Å². The molecule has 1 aliphatic heterocycles. The summed E-state index contributed by atoms with van der Waals surface area (Å²) in [6, 6.07) is 5.47. The third-order valence-electron chi connectivity index (χ3n) is 2.16. The molecular formula is C9H11NO. The van der Waals surface area contributed by atoms with Gasteiger partial charge in [-0.3, -0.25) is 0 Å². The molecule has 0 unspecified atom stereocenters. The van der Waals surface area contributed by atoms with Crippen molar-refractivity contribution < 1.29 is 5.11 Å². The molecule has 0 aromatic heterocycles. The lowest BCUT2D eigenvalue weighted by molar-refractivity contribution is 0.474. The number of fused-ring (bicyclic) bond motifs is 1. The van der Waals surface area contributed by atoms with Crippen LogP contribution in [-0.4, -0.2) is 11.7 Å². The van der Waals surface area contributed by atoms with E-state index < -0.39 is 0 Å². The predicted molar refractivity (Wildman–Crippen MR) is 45.0 cm³/mol. The van der Waals surface area contributed by atoms with E-state index in [1.165, 1.54) is 5.56 Å². The molecule has 0 aliphatic carbocycles. The zero-order chi connectivity index (χ0) is 7.84. The van der Waals surface area contributed by atoms with E-state index in [1.807, 2.05) is 12.1 Å². The Balaban J connectivity index is 2.52. The molecule has 1 aliphatic rings. The Hall–Kier alpha value is -1.18. The van der Waals surface area contributed by atoms with Crippen LogP contribution >= 0.6 is 0 Å². The summed E-state index contributed by atoms with van der Waals surface area (Å²) in [6.07, 6.45) is 0. The molecule has 1 heterocycles. The Labute approximate surface area is 65.9 Å². The predicted octanol–water partition coefficient (Wildman–Crippen LogP) is 1.92. The van der Waals surface area contributed by atoms with Crippen molar-refractivity contribution in [1.82, 2.24) is 0 Å². The molecule has 0 saturated heterocycles. The van der Waals surface area contributed by atoms with Crippen LogP contribution in [0.3, 0.4) is 0 Å². The van der Waals surface area contributed by atoms with Crippen LogP contribution in [0.25, 0.3) is 0 Å². The highest BCUT2D eigenvalue weighted by molar-refractivity contribution is 5.59. The lowest BCUT2D eigenvalue weighted by Crippen LogP contribution is -1.95. The number of aromatic hydroxyl groups is 1. The lowest BCUT2D eigenvalue weighted by atomic mass is 10.0. The Kier molecular flexibility index (Phi) is 1.28. The van der Waals surface area contributed by atoms with Gasteiger partial charge in [0.25, 0.3) is 0 Å². The van der Waals surface area contributed by atoms with E-state index in [9.17, 15) is 5.11 Å².